The molecular formula is C16H11NS8. The number of rotatable bonds is 1. The first-order valence-electron chi connectivity index (χ1n) is 7.45. The quantitative estimate of drug-likeness (QED) is 0.398. The van der Waals surface area contributed by atoms with Gasteiger partial charge in [-0.1, -0.05) is 76.6 Å². The maximum absolute atomic E-state index is 4.25. The predicted octanol–water partition coefficient (Wildman–Crippen LogP) is 8.07. The van der Waals surface area contributed by atoms with Gasteiger partial charge in [0, 0.05) is 23.9 Å². The van der Waals surface area contributed by atoms with Crippen LogP contribution in [0.2, 0.25) is 0 Å². The number of nitrogens with zero attached hydrogens (tertiary/aromatic N) is 1. The van der Waals surface area contributed by atoms with Crippen LogP contribution in [0.3, 0.4) is 0 Å². The monoisotopic (exact) mass is 473 g/mol. The Morgan fingerprint density at radius 2 is 1.36 bits per heavy atom. The summed E-state index contributed by atoms with van der Waals surface area (Å²) in [5, 5.41) is 0. The second kappa shape index (κ2) is 7.73. The summed E-state index contributed by atoms with van der Waals surface area (Å²) in [5.41, 5.74) is 2.56. The van der Waals surface area contributed by atoms with Gasteiger partial charge in [-0.15, -0.1) is 23.5 Å². The summed E-state index contributed by atoms with van der Waals surface area (Å²) in [6, 6.07) is 4.15. The topological polar surface area (TPSA) is 12.9 Å². The van der Waals surface area contributed by atoms with Crippen LogP contribution in [0.5, 0.6) is 0 Å². The van der Waals surface area contributed by atoms with Crippen molar-refractivity contribution in [2.45, 2.75) is 6.92 Å². The number of allylic oxidation sites excluding steroid dienone is 1. The predicted molar refractivity (Wildman–Crippen MR) is 128 cm³/mol. The molecule has 0 spiro atoms. The Morgan fingerprint density at radius 1 is 0.800 bits per heavy atom. The van der Waals surface area contributed by atoms with E-state index in [0.29, 0.717) is 0 Å². The average molecular weight is 474 g/mol. The maximum atomic E-state index is 4.25. The second-order valence-electron chi connectivity index (χ2n) is 5.19. The minimum atomic E-state index is 1.22. The van der Waals surface area contributed by atoms with Crippen molar-refractivity contribution >= 4 is 99.7 Å². The molecule has 0 atom stereocenters. The molecule has 0 saturated carbocycles. The van der Waals surface area contributed by atoms with Crippen molar-refractivity contribution in [1.82, 2.24) is 4.98 Å². The maximum Gasteiger partial charge on any atom is 0.0718 e. The highest BCUT2D eigenvalue weighted by Crippen LogP contribution is 2.71. The SMILES string of the molecule is CC(=C1SC2=C(SC(=C3SC4=C(SCCS4)S3)S2)S1)c1cccnc1. The van der Waals surface area contributed by atoms with Gasteiger partial charge in [0.25, 0.3) is 0 Å². The van der Waals surface area contributed by atoms with Crippen molar-refractivity contribution in [2.24, 2.45) is 0 Å². The molecule has 0 fully saturated rings. The fourth-order valence-corrected chi connectivity index (χ4v) is 14.9. The van der Waals surface area contributed by atoms with Crippen molar-refractivity contribution < 1.29 is 0 Å². The van der Waals surface area contributed by atoms with Crippen molar-refractivity contribution in [3.63, 3.8) is 0 Å². The molecule has 9 heteroatoms. The number of thioether (sulfide) groups is 8. The molecule has 128 valence electrons. The Hall–Kier alpha value is 0.910. The molecule has 25 heavy (non-hydrogen) atoms. The molecule has 1 aromatic heterocycles. The minimum Gasteiger partial charge on any atom is -0.264 e. The van der Waals surface area contributed by atoms with Crippen molar-refractivity contribution in [3.8, 4) is 0 Å². The first kappa shape index (κ1) is 18.0. The van der Waals surface area contributed by atoms with E-state index in [2.05, 4.69) is 18.0 Å². The number of pyridine rings is 1. The van der Waals surface area contributed by atoms with Crippen LogP contribution in [0.4, 0.5) is 0 Å². The van der Waals surface area contributed by atoms with E-state index in [9.17, 15) is 0 Å². The Morgan fingerprint density at radius 3 is 1.92 bits per heavy atom. The third-order valence-corrected chi connectivity index (χ3v) is 15.7. The lowest BCUT2D eigenvalue weighted by atomic mass is 10.2. The van der Waals surface area contributed by atoms with Crippen molar-refractivity contribution in [3.05, 3.63) is 59.8 Å². The molecule has 0 amide bonds. The van der Waals surface area contributed by atoms with Crippen molar-refractivity contribution in [2.75, 3.05) is 11.5 Å². The molecule has 5 heterocycles. The van der Waals surface area contributed by atoms with Crippen LogP contribution in [-0.4, -0.2) is 16.5 Å². The number of hydrogen-bond donors (Lipinski definition) is 0. The van der Waals surface area contributed by atoms with Crippen molar-refractivity contribution in [1.29, 1.82) is 0 Å². The lowest BCUT2D eigenvalue weighted by Crippen LogP contribution is -1.88. The third kappa shape index (κ3) is 3.64. The van der Waals surface area contributed by atoms with Crippen LogP contribution in [-0.2, 0) is 0 Å². The van der Waals surface area contributed by atoms with Gasteiger partial charge in [-0.05, 0) is 24.1 Å². The molecule has 4 aliphatic rings. The van der Waals surface area contributed by atoms with E-state index in [1.54, 1.807) is 0 Å². The summed E-state index contributed by atoms with van der Waals surface area (Å²) in [7, 11) is 0. The molecule has 1 nitrogen and oxygen atoms in total. The largest absolute Gasteiger partial charge is 0.264 e. The standard InChI is InChI=1S/C16H11NS8/c1-8(9-3-2-4-17-7-9)10-20-13-14(21-10)25-16(24-13)15-22-11-12(23-15)19-6-5-18-11/h2-4,7H,5-6H2,1H3. The first-order valence-corrected chi connectivity index (χ1v) is 14.3. The second-order valence-corrected chi connectivity index (χ2v) is 15.3. The molecular weight excluding hydrogens is 463 g/mol. The molecule has 0 N–H and O–H groups in total. The zero-order valence-electron chi connectivity index (χ0n) is 12.9. The Kier molecular flexibility index (Phi) is 5.56. The minimum absolute atomic E-state index is 1.22. The van der Waals surface area contributed by atoms with Gasteiger partial charge in [-0.2, -0.15) is 0 Å². The number of aromatic nitrogens is 1. The lowest BCUT2D eigenvalue weighted by molar-refractivity contribution is 1.31. The highest BCUT2D eigenvalue weighted by Gasteiger charge is 2.35. The van der Waals surface area contributed by atoms with Gasteiger partial charge in [-0.25, -0.2) is 0 Å². The van der Waals surface area contributed by atoms with E-state index in [1.807, 2.05) is 113 Å². The van der Waals surface area contributed by atoms with E-state index >= 15 is 0 Å². The highest BCUT2D eigenvalue weighted by atomic mass is 32.3. The zero-order valence-corrected chi connectivity index (χ0v) is 19.5. The van der Waals surface area contributed by atoms with E-state index in [-0.39, 0.29) is 0 Å². The molecule has 0 radical (unpaired) electrons. The van der Waals surface area contributed by atoms with Gasteiger partial charge in [0.05, 0.1) is 29.7 Å². The average Bonchev–Trinajstić information content (AvgIpc) is 3.33. The normalized spacial score (nSPS) is 22.8. The highest BCUT2D eigenvalue weighted by molar-refractivity contribution is 8.49. The lowest BCUT2D eigenvalue weighted by Gasteiger charge is -2.08. The summed E-state index contributed by atoms with van der Waals surface area (Å²) >= 11 is 15.8. The van der Waals surface area contributed by atoms with Crippen LogP contribution in [0, 0.1) is 0 Å². The first-order chi connectivity index (χ1) is 12.3. The Balaban J connectivity index is 1.31. The number of hydrogen-bond acceptors (Lipinski definition) is 9. The molecule has 5 rings (SSSR count). The molecule has 0 unspecified atom stereocenters. The summed E-state index contributed by atoms with van der Waals surface area (Å²) in [6.07, 6.45) is 3.79. The van der Waals surface area contributed by atoms with Gasteiger partial charge in [0.15, 0.2) is 0 Å². The van der Waals surface area contributed by atoms with Gasteiger partial charge in [-0.3, -0.25) is 4.98 Å². The van der Waals surface area contributed by atoms with E-state index in [4.69, 9.17) is 0 Å². The molecule has 4 aliphatic heterocycles. The van der Waals surface area contributed by atoms with E-state index < -0.39 is 0 Å². The van der Waals surface area contributed by atoms with Crippen LogP contribution in [0.15, 0.2) is 54.2 Å². The van der Waals surface area contributed by atoms with Crippen LogP contribution in [0.1, 0.15) is 12.5 Å². The summed E-state index contributed by atoms with van der Waals surface area (Å²) in [6.45, 7) is 2.21. The van der Waals surface area contributed by atoms with Crippen LogP contribution >= 0.6 is 94.1 Å². The Labute approximate surface area is 181 Å². The van der Waals surface area contributed by atoms with E-state index in [1.165, 1.54) is 52.3 Å². The summed E-state index contributed by atoms with van der Waals surface area (Å²) < 4.78 is 10.4. The molecule has 0 aliphatic carbocycles. The molecule has 1 aromatic rings. The smallest absolute Gasteiger partial charge is 0.0718 e. The molecule has 0 saturated heterocycles. The molecule has 0 aromatic carbocycles. The van der Waals surface area contributed by atoms with Gasteiger partial charge >= 0.3 is 0 Å². The summed E-state index contributed by atoms with van der Waals surface area (Å²) in [4.78, 5) is 4.25. The van der Waals surface area contributed by atoms with Crippen LogP contribution < -0.4 is 0 Å². The third-order valence-electron chi connectivity index (χ3n) is 3.56. The van der Waals surface area contributed by atoms with E-state index in [0.717, 1.165) is 0 Å². The fraction of sp³-hybridized carbons (Fsp3) is 0.188. The van der Waals surface area contributed by atoms with Gasteiger partial charge in [0.1, 0.15) is 0 Å². The molecule has 0 bridgehead atoms. The summed E-state index contributed by atoms with van der Waals surface area (Å²) in [5.74, 6) is 2.50. The zero-order chi connectivity index (χ0) is 16.8. The van der Waals surface area contributed by atoms with Gasteiger partial charge in [0.2, 0.25) is 0 Å². The fourth-order valence-electron chi connectivity index (χ4n) is 2.33. The van der Waals surface area contributed by atoms with Gasteiger partial charge < -0.3 is 0 Å². The Bertz CT molecular complexity index is 825. The van der Waals surface area contributed by atoms with Crippen LogP contribution in [0.25, 0.3) is 5.57 Å².